The summed E-state index contributed by atoms with van der Waals surface area (Å²) in [6, 6.07) is 14.0. The molecule has 0 bridgehead atoms. The number of benzene rings is 2. The van der Waals surface area contributed by atoms with Crippen molar-refractivity contribution in [2.24, 2.45) is 18.5 Å². The van der Waals surface area contributed by atoms with Crippen molar-refractivity contribution in [3.63, 3.8) is 0 Å². The number of fused-ring (bicyclic) bond motifs is 3. The van der Waals surface area contributed by atoms with Crippen LogP contribution in [0.15, 0.2) is 65.7 Å². The predicted molar refractivity (Wildman–Crippen MR) is 135 cm³/mol. The lowest BCUT2D eigenvalue weighted by atomic mass is 10.0. The number of carbonyl (C=O) groups is 2. The quantitative estimate of drug-likeness (QED) is 0.397. The van der Waals surface area contributed by atoms with E-state index < -0.39 is 11.8 Å². The van der Waals surface area contributed by atoms with E-state index in [0.717, 1.165) is 6.42 Å². The Morgan fingerprint density at radius 1 is 1.03 bits per heavy atom. The number of para-hydroxylation sites is 1. The lowest BCUT2D eigenvalue weighted by Crippen LogP contribution is -2.19. The first kappa shape index (κ1) is 22.1. The van der Waals surface area contributed by atoms with Gasteiger partial charge in [0.15, 0.2) is 0 Å². The zero-order chi connectivity index (χ0) is 24.9. The Kier molecular flexibility index (Phi) is 5.24. The van der Waals surface area contributed by atoms with Crippen molar-refractivity contribution in [2.45, 2.75) is 19.9 Å². The Labute approximate surface area is 200 Å². The molecule has 9 nitrogen and oxygen atoms in total. The Morgan fingerprint density at radius 2 is 1.80 bits per heavy atom. The van der Waals surface area contributed by atoms with Crippen LogP contribution in [0, 0.1) is 0 Å². The molecule has 0 saturated carbocycles. The number of nitrogens with two attached hydrogens (primary N) is 2. The van der Waals surface area contributed by atoms with Crippen LogP contribution >= 0.6 is 0 Å². The third-order valence-electron chi connectivity index (χ3n) is 6.21. The van der Waals surface area contributed by atoms with Gasteiger partial charge in [-0.1, -0.05) is 37.3 Å². The molecule has 176 valence electrons. The first-order chi connectivity index (χ1) is 16.8. The molecule has 5 aromatic rings. The molecule has 3 heterocycles. The molecule has 5 rings (SSSR count). The van der Waals surface area contributed by atoms with Gasteiger partial charge in [0.05, 0.1) is 28.7 Å². The van der Waals surface area contributed by atoms with Crippen molar-refractivity contribution in [3.8, 4) is 16.9 Å². The zero-order valence-electron chi connectivity index (χ0n) is 19.4. The van der Waals surface area contributed by atoms with E-state index in [-0.39, 0.29) is 16.7 Å². The molecule has 0 unspecified atom stereocenters. The molecule has 2 aromatic carbocycles. The Balaban J connectivity index is 2.04. The Morgan fingerprint density at radius 3 is 2.51 bits per heavy atom. The van der Waals surface area contributed by atoms with E-state index in [4.69, 9.17) is 11.5 Å². The first-order valence-corrected chi connectivity index (χ1v) is 11.2. The number of hydrogen-bond donors (Lipinski definition) is 2. The normalized spacial score (nSPS) is 11.4. The average molecular weight is 469 g/mol. The molecule has 0 aliphatic rings. The number of aryl methyl sites for hydroxylation is 2. The van der Waals surface area contributed by atoms with Crippen LogP contribution in [0.3, 0.4) is 0 Å². The number of primary amides is 2. The van der Waals surface area contributed by atoms with E-state index in [1.807, 2.05) is 37.4 Å². The van der Waals surface area contributed by atoms with Crippen molar-refractivity contribution in [3.05, 3.63) is 82.4 Å². The molecule has 2 amide bonds. The highest BCUT2D eigenvalue weighted by molar-refractivity contribution is 6.20. The molecule has 3 aromatic heterocycles. The molecular formula is C26H24N6O3. The fourth-order valence-corrected chi connectivity index (χ4v) is 4.69. The van der Waals surface area contributed by atoms with E-state index in [0.29, 0.717) is 45.3 Å². The molecule has 4 N–H and O–H groups in total. The van der Waals surface area contributed by atoms with Gasteiger partial charge in [-0.05, 0) is 24.6 Å². The van der Waals surface area contributed by atoms with Crippen LogP contribution < -0.4 is 17.0 Å². The largest absolute Gasteiger partial charge is 0.366 e. The highest BCUT2D eigenvalue weighted by Crippen LogP contribution is 2.38. The number of aromatic nitrogens is 4. The predicted octanol–water partition coefficient (Wildman–Crippen LogP) is 2.95. The number of amides is 2. The zero-order valence-corrected chi connectivity index (χ0v) is 19.4. The van der Waals surface area contributed by atoms with E-state index in [1.165, 1.54) is 0 Å². The highest BCUT2D eigenvalue weighted by atomic mass is 16.1. The maximum absolute atomic E-state index is 13.8. The minimum atomic E-state index is -0.687. The molecule has 0 aliphatic heterocycles. The molecule has 35 heavy (non-hydrogen) atoms. The minimum Gasteiger partial charge on any atom is -0.366 e. The van der Waals surface area contributed by atoms with Gasteiger partial charge in [-0.2, -0.15) is 5.10 Å². The third kappa shape index (κ3) is 3.40. The molecular weight excluding hydrogens is 444 g/mol. The van der Waals surface area contributed by atoms with Crippen molar-refractivity contribution in [1.82, 2.24) is 18.9 Å². The second-order valence-electron chi connectivity index (χ2n) is 8.43. The van der Waals surface area contributed by atoms with Crippen LogP contribution in [0.2, 0.25) is 0 Å². The first-order valence-electron chi connectivity index (χ1n) is 11.2. The van der Waals surface area contributed by atoms with Crippen LogP contribution in [0.1, 0.15) is 34.1 Å². The lowest BCUT2D eigenvalue weighted by Gasteiger charge is -2.11. The van der Waals surface area contributed by atoms with E-state index in [1.54, 1.807) is 51.3 Å². The summed E-state index contributed by atoms with van der Waals surface area (Å²) < 4.78 is 5.04. The van der Waals surface area contributed by atoms with E-state index >= 15 is 0 Å². The molecule has 9 heteroatoms. The average Bonchev–Trinajstić information content (AvgIpc) is 3.45. The van der Waals surface area contributed by atoms with Gasteiger partial charge >= 0.3 is 0 Å². The molecule has 0 fully saturated rings. The summed E-state index contributed by atoms with van der Waals surface area (Å²) in [5.74, 6) is -1.29. The molecule has 0 aliphatic carbocycles. The lowest BCUT2D eigenvalue weighted by molar-refractivity contribution is 0.0993. The summed E-state index contributed by atoms with van der Waals surface area (Å²) in [7, 11) is 1.69. The van der Waals surface area contributed by atoms with Crippen LogP contribution in [-0.4, -0.2) is 30.7 Å². The standard InChI is InChI=1S/C26H24N6O3/c1-3-11-31-14-17(13-29-31)32-22(15-7-6-8-16(12-15)24(27)33)21(25(28)34)20-18-9-4-5-10-19(18)30(2)26(35)23(20)32/h4-10,12-14H,3,11H2,1-2H3,(H2,27,33)(H2,28,34). The molecule has 0 radical (unpaired) electrons. The minimum absolute atomic E-state index is 0.193. The van der Waals surface area contributed by atoms with Gasteiger partial charge in [0.2, 0.25) is 5.91 Å². The fourth-order valence-electron chi connectivity index (χ4n) is 4.69. The monoisotopic (exact) mass is 468 g/mol. The maximum Gasteiger partial charge on any atom is 0.275 e. The molecule has 0 spiro atoms. The second-order valence-corrected chi connectivity index (χ2v) is 8.43. The highest BCUT2D eigenvalue weighted by Gasteiger charge is 2.28. The second kappa shape index (κ2) is 8.28. The van der Waals surface area contributed by atoms with Crippen LogP contribution in [0.25, 0.3) is 38.8 Å². The summed E-state index contributed by atoms with van der Waals surface area (Å²) in [6.45, 7) is 2.73. The van der Waals surface area contributed by atoms with Gasteiger partial charge in [0.1, 0.15) is 5.52 Å². The van der Waals surface area contributed by atoms with Crippen molar-refractivity contribution in [2.75, 3.05) is 0 Å². The van der Waals surface area contributed by atoms with Crippen LogP contribution in [0.5, 0.6) is 0 Å². The third-order valence-corrected chi connectivity index (χ3v) is 6.21. The summed E-state index contributed by atoms with van der Waals surface area (Å²) in [5.41, 5.74) is 14.2. The number of pyridine rings is 1. The van der Waals surface area contributed by atoms with Gasteiger partial charge < -0.3 is 20.6 Å². The van der Waals surface area contributed by atoms with Crippen molar-refractivity contribution in [1.29, 1.82) is 0 Å². The smallest absolute Gasteiger partial charge is 0.275 e. The fraction of sp³-hybridized carbons (Fsp3) is 0.154. The van der Waals surface area contributed by atoms with Crippen molar-refractivity contribution >= 4 is 33.6 Å². The summed E-state index contributed by atoms with van der Waals surface area (Å²) in [5, 5.41) is 5.61. The van der Waals surface area contributed by atoms with Gasteiger partial charge in [-0.3, -0.25) is 19.1 Å². The van der Waals surface area contributed by atoms with E-state index in [2.05, 4.69) is 5.10 Å². The SMILES string of the molecule is CCCn1cc(-n2c(-c3cccc(C(N)=O)c3)c(C(N)=O)c3c4ccccc4n(C)c(=O)c32)cn1. The van der Waals surface area contributed by atoms with Gasteiger partial charge in [-0.25, -0.2) is 0 Å². The van der Waals surface area contributed by atoms with Crippen LogP contribution in [0.4, 0.5) is 0 Å². The number of nitrogens with zero attached hydrogens (tertiary/aromatic N) is 4. The van der Waals surface area contributed by atoms with E-state index in [9.17, 15) is 14.4 Å². The van der Waals surface area contributed by atoms with Gasteiger partial charge in [0.25, 0.3) is 11.5 Å². The van der Waals surface area contributed by atoms with Crippen molar-refractivity contribution < 1.29 is 9.59 Å². The molecule has 0 saturated heterocycles. The summed E-state index contributed by atoms with van der Waals surface area (Å²) in [4.78, 5) is 38.7. The molecule has 0 atom stereocenters. The topological polar surface area (TPSA) is 131 Å². The Hall–Kier alpha value is -4.66. The number of carbonyl (C=O) groups excluding carboxylic acids is 2. The van der Waals surface area contributed by atoms with Gasteiger partial charge in [-0.15, -0.1) is 0 Å². The summed E-state index contributed by atoms with van der Waals surface area (Å²) >= 11 is 0. The van der Waals surface area contributed by atoms with Gasteiger partial charge in [0, 0.05) is 41.7 Å². The maximum atomic E-state index is 13.8. The summed E-state index contributed by atoms with van der Waals surface area (Å²) in [6.07, 6.45) is 4.35. The Bertz CT molecular complexity index is 1710. The van der Waals surface area contributed by atoms with Crippen LogP contribution in [-0.2, 0) is 13.6 Å². The number of rotatable bonds is 6. The number of hydrogen-bond acceptors (Lipinski definition) is 4.